The molecule has 0 aliphatic heterocycles. The molecule has 2 rings (SSSR count). The fourth-order valence-corrected chi connectivity index (χ4v) is 2.15. The fraction of sp³-hybridized carbons (Fsp3) is 0.250. The van der Waals surface area contributed by atoms with Crippen LogP contribution in [0.3, 0.4) is 0 Å². The monoisotopic (exact) mass is 343 g/mol. The Bertz CT molecular complexity index is 693. The summed E-state index contributed by atoms with van der Waals surface area (Å²) in [6, 6.07) is 3.55. The van der Waals surface area contributed by atoms with E-state index in [-0.39, 0.29) is 11.7 Å². The highest BCUT2D eigenvalue weighted by Crippen LogP contribution is 2.25. The Balaban J connectivity index is 2.20. The highest BCUT2D eigenvalue weighted by Gasteiger charge is 2.20. The van der Waals surface area contributed by atoms with Crippen molar-refractivity contribution in [2.24, 2.45) is 0 Å². The average molecular weight is 344 g/mol. The first-order valence-electron chi connectivity index (χ1n) is 6.14. The molecule has 0 aliphatic carbocycles. The molecule has 0 bridgehead atoms. The summed E-state index contributed by atoms with van der Waals surface area (Å²) in [5.74, 6) is -0.391. The van der Waals surface area contributed by atoms with Crippen LogP contribution in [0.1, 0.15) is 0 Å². The van der Waals surface area contributed by atoms with Crippen LogP contribution in [-0.4, -0.2) is 54.4 Å². The smallest absolute Gasteiger partial charge is 0.242 e. The van der Waals surface area contributed by atoms with Gasteiger partial charge in [-0.3, -0.25) is 14.3 Å². The van der Waals surface area contributed by atoms with E-state index in [1.54, 1.807) is 30.7 Å². The van der Waals surface area contributed by atoms with Crippen molar-refractivity contribution in [2.75, 3.05) is 25.5 Å². The molecule has 8 nitrogen and oxygen atoms in total. The summed E-state index contributed by atoms with van der Waals surface area (Å²) >= 11 is 3.85. The lowest BCUT2D eigenvalue weighted by Gasteiger charge is -2.18. The Labute approximate surface area is 134 Å². The summed E-state index contributed by atoms with van der Waals surface area (Å²) < 4.78 is 22.3. The summed E-state index contributed by atoms with van der Waals surface area (Å²) in [6.45, 7) is -0.228. The number of hydrogen-bond donors (Lipinski definition) is 1. The van der Waals surface area contributed by atoms with E-state index in [4.69, 9.17) is 16.2 Å². The Morgan fingerprint density at radius 1 is 1.50 bits per heavy atom. The predicted molar refractivity (Wildman–Crippen MR) is 83.2 cm³/mol. The summed E-state index contributed by atoms with van der Waals surface area (Å²) in [7, 11) is 2.88. The zero-order chi connectivity index (χ0) is 16.3. The van der Waals surface area contributed by atoms with Gasteiger partial charge in [0.2, 0.25) is 17.2 Å². The number of aromatic nitrogens is 3. The van der Waals surface area contributed by atoms with Gasteiger partial charge in [0, 0.05) is 20.3 Å². The van der Waals surface area contributed by atoms with E-state index in [1.165, 1.54) is 23.7 Å². The number of pyridine rings is 1. The topological polar surface area (TPSA) is 91.6 Å². The van der Waals surface area contributed by atoms with E-state index in [1.807, 2.05) is 0 Å². The molecule has 22 heavy (non-hydrogen) atoms. The Morgan fingerprint density at radius 2 is 2.23 bits per heavy atom. The first kappa shape index (κ1) is 16.6. The molecule has 0 saturated heterocycles. The van der Waals surface area contributed by atoms with Crippen LogP contribution in [0.15, 0.2) is 30.7 Å². The number of nitrogens with zero attached hydrogens (tertiary/aromatic N) is 5. The minimum absolute atomic E-state index is 0.146. The van der Waals surface area contributed by atoms with Gasteiger partial charge in [-0.1, -0.05) is 11.6 Å². The second-order valence-corrected chi connectivity index (χ2v) is 5.87. The lowest BCUT2D eigenvalue weighted by molar-refractivity contribution is -0.118. The third-order valence-electron chi connectivity index (χ3n) is 2.92. The van der Waals surface area contributed by atoms with Gasteiger partial charge in [0.15, 0.2) is 5.15 Å². The van der Waals surface area contributed by atoms with Crippen molar-refractivity contribution in [3.8, 4) is 5.69 Å². The van der Waals surface area contributed by atoms with Gasteiger partial charge in [-0.2, -0.15) is 9.40 Å². The highest BCUT2D eigenvalue weighted by molar-refractivity contribution is 7.76. The summed E-state index contributed by atoms with van der Waals surface area (Å²) in [5.41, 5.74) is 1.10. The Hall–Kier alpha value is -1.81. The zero-order valence-electron chi connectivity index (χ0n) is 11.9. The van der Waals surface area contributed by atoms with E-state index in [9.17, 15) is 9.00 Å². The summed E-state index contributed by atoms with van der Waals surface area (Å²) in [5, 5.41) is 4.27. The van der Waals surface area contributed by atoms with E-state index in [0.717, 1.165) is 4.31 Å². The quantitative estimate of drug-likeness (QED) is 0.816. The van der Waals surface area contributed by atoms with Crippen LogP contribution >= 0.6 is 11.6 Å². The molecule has 1 atom stereocenters. The molecule has 0 saturated carbocycles. The van der Waals surface area contributed by atoms with Crippen molar-refractivity contribution in [1.82, 2.24) is 19.1 Å². The number of likely N-dealkylation sites (N-methyl/N-ethyl adjacent to an activating group) is 2. The normalized spacial score (nSPS) is 12.4. The number of carbonyl (C=O) groups excluding carboxylic acids is 1. The molecule has 0 spiro atoms. The van der Waals surface area contributed by atoms with E-state index in [2.05, 4.69) is 10.1 Å². The molecule has 0 fully saturated rings. The maximum Gasteiger partial charge on any atom is 0.242 e. The molecule has 0 aromatic carbocycles. The lowest BCUT2D eigenvalue weighted by Crippen LogP contribution is -2.37. The van der Waals surface area contributed by atoms with Crippen LogP contribution in [0.25, 0.3) is 5.69 Å². The maximum atomic E-state index is 12.1. The van der Waals surface area contributed by atoms with Gasteiger partial charge in [0.1, 0.15) is 5.69 Å². The van der Waals surface area contributed by atoms with Gasteiger partial charge in [-0.15, -0.1) is 0 Å². The van der Waals surface area contributed by atoms with Crippen molar-refractivity contribution in [2.45, 2.75) is 0 Å². The molecule has 1 unspecified atom stereocenters. The minimum atomic E-state index is -2.21. The minimum Gasteiger partial charge on any atom is -0.310 e. The third kappa shape index (κ3) is 3.69. The molecule has 0 radical (unpaired) electrons. The molecule has 2 aromatic heterocycles. The molecule has 1 amide bonds. The molecule has 10 heteroatoms. The van der Waals surface area contributed by atoms with Gasteiger partial charge in [-0.05, 0) is 12.1 Å². The number of carbonyl (C=O) groups is 1. The second kappa shape index (κ2) is 6.97. The van der Waals surface area contributed by atoms with Crippen molar-refractivity contribution in [1.29, 1.82) is 0 Å². The number of amides is 1. The van der Waals surface area contributed by atoms with Gasteiger partial charge in [0.05, 0.1) is 24.6 Å². The molecule has 1 N–H and O–H groups in total. The second-order valence-electron chi connectivity index (χ2n) is 4.43. The molecular weight excluding hydrogens is 330 g/mol. The van der Waals surface area contributed by atoms with E-state index >= 15 is 0 Å². The first-order chi connectivity index (χ1) is 10.4. The van der Waals surface area contributed by atoms with Crippen LogP contribution in [0.5, 0.6) is 0 Å². The van der Waals surface area contributed by atoms with Crippen molar-refractivity contribution < 1.29 is 13.6 Å². The first-order valence-corrected chi connectivity index (χ1v) is 7.58. The van der Waals surface area contributed by atoms with Crippen LogP contribution in [0.4, 0.5) is 5.69 Å². The number of anilines is 1. The summed E-state index contributed by atoms with van der Waals surface area (Å²) in [6.07, 6.45) is 4.83. The molecule has 2 heterocycles. The molecule has 118 valence electrons. The van der Waals surface area contributed by atoms with Gasteiger partial charge in [0.25, 0.3) is 0 Å². The largest absolute Gasteiger partial charge is 0.310 e. The predicted octanol–water partition coefficient (Wildman–Crippen LogP) is 0.952. The average Bonchev–Trinajstić information content (AvgIpc) is 2.89. The van der Waals surface area contributed by atoms with Crippen LogP contribution in [0.2, 0.25) is 5.15 Å². The Morgan fingerprint density at radius 3 is 2.82 bits per heavy atom. The van der Waals surface area contributed by atoms with Crippen LogP contribution in [-0.2, 0) is 16.1 Å². The lowest BCUT2D eigenvalue weighted by atomic mass is 10.4. The van der Waals surface area contributed by atoms with Gasteiger partial charge < -0.3 is 4.90 Å². The van der Waals surface area contributed by atoms with E-state index < -0.39 is 17.2 Å². The van der Waals surface area contributed by atoms with Crippen LogP contribution < -0.4 is 4.90 Å². The third-order valence-corrected chi connectivity index (χ3v) is 3.85. The summed E-state index contributed by atoms with van der Waals surface area (Å²) in [4.78, 5) is 17.4. The van der Waals surface area contributed by atoms with Crippen molar-refractivity contribution in [3.05, 3.63) is 35.9 Å². The zero-order valence-corrected chi connectivity index (χ0v) is 13.5. The standard InChI is InChI=1S/C12H14ClN5O3S/c1-16(22(20)21)8-11(19)17(2)10-7-18(15-12(10)13)9-4-3-5-14-6-9/h3-7H,8H2,1-2H3,(H,20,21). The maximum absolute atomic E-state index is 12.1. The molecule has 0 aliphatic rings. The SMILES string of the molecule is CN(C(=O)CN(C)S(=O)O)c1cn(-c2cccnc2)nc1Cl. The van der Waals surface area contributed by atoms with Crippen molar-refractivity contribution >= 4 is 34.5 Å². The van der Waals surface area contributed by atoms with E-state index in [0.29, 0.717) is 11.4 Å². The van der Waals surface area contributed by atoms with Gasteiger partial charge >= 0.3 is 0 Å². The number of rotatable bonds is 5. The van der Waals surface area contributed by atoms with Crippen molar-refractivity contribution in [3.63, 3.8) is 0 Å². The number of halogens is 1. The fourth-order valence-electron chi connectivity index (χ4n) is 1.68. The number of hydrogen-bond acceptors (Lipinski definition) is 4. The Kier molecular flexibility index (Phi) is 5.24. The molecule has 2 aromatic rings. The highest BCUT2D eigenvalue weighted by atomic mass is 35.5. The van der Waals surface area contributed by atoms with Crippen LogP contribution in [0, 0.1) is 0 Å². The van der Waals surface area contributed by atoms with Gasteiger partial charge in [-0.25, -0.2) is 8.89 Å². The molecular formula is C12H14ClN5O3S.